The number of aromatic nitrogens is 1. The van der Waals surface area contributed by atoms with Gasteiger partial charge in [-0.2, -0.15) is 0 Å². The van der Waals surface area contributed by atoms with Crippen LogP contribution in [0.4, 0.5) is 5.69 Å². The van der Waals surface area contributed by atoms with Gasteiger partial charge in [-0.25, -0.2) is 4.98 Å². The molecule has 0 aliphatic heterocycles. The van der Waals surface area contributed by atoms with Crippen molar-refractivity contribution in [1.29, 1.82) is 0 Å². The third-order valence-corrected chi connectivity index (χ3v) is 3.89. The topological polar surface area (TPSA) is 48.1 Å². The third kappa shape index (κ3) is 2.90. The maximum Gasteiger partial charge on any atom is 0.233 e. The van der Waals surface area contributed by atoms with E-state index in [1.54, 1.807) is 6.20 Å². The van der Waals surface area contributed by atoms with Gasteiger partial charge in [0.1, 0.15) is 5.75 Å². The van der Waals surface area contributed by atoms with Crippen molar-refractivity contribution >= 4 is 44.2 Å². The molecule has 3 nitrogen and oxygen atoms in total. The first kappa shape index (κ1) is 12.6. The number of hydrogen-bond acceptors (Lipinski definition) is 3. The lowest BCUT2D eigenvalue weighted by Crippen LogP contribution is -1.96. The fourth-order valence-corrected chi connectivity index (χ4v) is 2.21. The van der Waals surface area contributed by atoms with Gasteiger partial charge in [0.15, 0.2) is 0 Å². The first-order chi connectivity index (χ1) is 8.08. The number of pyridine rings is 1. The molecule has 2 N–H and O–H groups in total. The Morgan fingerprint density at radius 1 is 1.41 bits per heavy atom. The number of hydrogen-bond donors (Lipinski definition) is 1. The van der Waals surface area contributed by atoms with Crippen molar-refractivity contribution in [2.75, 3.05) is 5.73 Å². The summed E-state index contributed by atoms with van der Waals surface area (Å²) in [6.45, 7) is 1.92. The Balaban J connectivity index is 2.34. The van der Waals surface area contributed by atoms with Gasteiger partial charge in [-0.3, -0.25) is 0 Å². The van der Waals surface area contributed by atoms with Crippen LogP contribution >= 0.6 is 38.5 Å². The maximum atomic E-state index is 5.76. The van der Waals surface area contributed by atoms with Crippen LogP contribution in [0.2, 0.25) is 0 Å². The Bertz CT molecular complexity index is 560. The summed E-state index contributed by atoms with van der Waals surface area (Å²) in [7, 11) is 0. The van der Waals surface area contributed by atoms with Crippen molar-refractivity contribution in [3.05, 3.63) is 44.1 Å². The summed E-state index contributed by atoms with van der Waals surface area (Å²) in [6, 6.07) is 7.78. The average Bonchev–Trinajstić information content (AvgIpc) is 2.30. The molecule has 0 saturated carbocycles. The average molecular weight is 405 g/mol. The van der Waals surface area contributed by atoms with Crippen molar-refractivity contribution < 1.29 is 4.74 Å². The third-order valence-electron chi connectivity index (χ3n) is 2.28. The summed E-state index contributed by atoms with van der Waals surface area (Å²) >= 11 is 5.67. The minimum absolute atomic E-state index is 0.527. The lowest BCUT2D eigenvalue weighted by Gasteiger charge is -2.09. The predicted octanol–water partition coefficient (Wildman–Crippen LogP) is 4.13. The molecular weight excluding hydrogens is 395 g/mol. The molecule has 0 aliphatic rings. The summed E-state index contributed by atoms with van der Waals surface area (Å²) in [4.78, 5) is 4.17. The van der Waals surface area contributed by atoms with Crippen LogP contribution in [0.1, 0.15) is 5.56 Å². The van der Waals surface area contributed by atoms with E-state index in [1.807, 2.05) is 31.2 Å². The van der Waals surface area contributed by atoms with E-state index in [-0.39, 0.29) is 0 Å². The quantitative estimate of drug-likeness (QED) is 0.765. The van der Waals surface area contributed by atoms with Gasteiger partial charge in [0.2, 0.25) is 5.88 Å². The molecule has 0 atom stereocenters. The van der Waals surface area contributed by atoms with E-state index in [9.17, 15) is 0 Å². The highest BCUT2D eigenvalue weighted by molar-refractivity contribution is 14.1. The molecule has 0 bridgehead atoms. The summed E-state index contributed by atoms with van der Waals surface area (Å²) in [5.74, 6) is 1.29. The molecule has 0 saturated heterocycles. The Hall–Kier alpha value is -0.820. The molecule has 88 valence electrons. The Labute approximate surface area is 122 Å². The van der Waals surface area contributed by atoms with E-state index >= 15 is 0 Å². The highest BCUT2D eigenvalue weighted by atomic mass is 127. The van der Waals surface area contributed by atoms with Crippen LogP contribution in [0, 0.1) is 10.5 Å². The lowest BCUT2D eigenvalue weighted by molar-refractivity contribution is 0.459. The van der Waals surface area contributed by atoms with Crippen molar-refractivity contribution in [1.82, 2.24) is 4.98 Å². The van der Waals surface area contributed by atoms with Gasteiger partial charge in [-0.1, -0.05) is 6.07 Å². The standard InChI is InChI=1S/C12H10BrIN2O/c1-7-10(15)6-16-12(11(7)13)17-9-4-2-3-8(14)5-9/h2-6H,15H2,1H3. The Morgan fingerprint density at radius 2 is 2.18 bits per heavy atom. The zero-order valence-corrected chi connectivity index (χ0v) is 12.8. The first-order valence-corrected chi connectivity index (χ1v) is 6.79. The number of rotatable bonds is 2. The zero-order chi connectivity index (χ0) is 12.4. The van der Waals surface area contributed by atoms with Gasteiger partial charge in [0, 0.05) is 3.57 Å². The summed E-state index contributed by atoms with van der Waals surface area (Å²) in [5, 5.41) is 0. The summed E-state index contributed by atoms with van der Waals surface area (Å²) in [5.41, 5.74) is 7.33. The van der Waals surface area contributed by atoms with Gasteiger partial charge in [-0.05, 0) is 69.2 Å². The molecule has 0 aliphatic carbocycles. The van der Waals surface area contributed by atoms with E-state index in [0.717, 1.165) is 19.4 Å². The maximum absolute atomic E-state index is 5.76. The second-order valence-electron chi connectivity index (χ2n) is 3.52. The number of benzene rings is 1. The highest BCUT2D eigenvalue weighted by Gasteiger charge is 2.09. The fourth-order valence-electron chi connectivity index (χ4n) is 1.28. The van der Waals surface area contributed by atoms with E-state index in [4.69, 9.17) is 10.5 Å². The number of anilines is 1. The van der Waals surface area contributed by atoms with Crippen molar-refractivity contribution in [2.45, 2.75) is 6.92 Å². The molecule has 1 aromatic carbocycles. The molecule has 0 radical (unpaired) electrons. The smallest absolute Gasteiger partial charge is 0.233 e. The van der Waals surface area contributed by atoms with Gasteiger partial charge in [0.25, 0.3) is 0 Å². The van der Waals surface area contributed by atoms with Crippen LogP contribution in [0.5, 0.6) is 11.6 Å². The number of ether oxygens (including phenoxy) is 1. The number of nitrogen functional groups attached to an aromatic ring is 1. The van der Waals surface area contributed by atoms with Crippen LogP contribution in [-0.2, 0) is 0 Å². The number of halogens is 2. The molecule has 0 unspecified atom stereocenters. The second kappa shape index (κ2) is 5.22. The monoisotopic (exact) mass is 404 g/mol. The van der Waals surface area contributed by atoms with E-state index in [0.29, 0.717) is 11.6 Å². The molecule has 1 heterocycles. The highest BCUT2D eigenvalue weighted by Crippen LogP contribution is 2.32. The van der Waals surface area contributed by atoms with Gasteiger partial charge in [-0.15, -0.1) is 0 Å². The van der Waals surface area contributed by atoms with Crippen LogP contribution in [0.15, 0.2) is 34.9 Å². The van der Waals surface area contributed by atoms with Gasteiger partial charge < -0.3 is 10.5 Å². The van der Waals surface area contributed by atoms with Crippen molar-refractivity contribution in [3.8, 4) is 11.6 Å². The van der Waals surface area contributed by atoms with Gasteiger partial charge in [0.05, 0.1) is 16.4 Å². The fraction of sp³-hybridized carbons (Fsp3) is 0.0833. The Kier molecular flexibility index (Phi) is 3.88. The van der Waals surface area contributed by atoms with E-state index in [1.165, 1.54) is 0 Å². The molecule has 2 aromatic rings. The second-order valence-corrected chi connectivity index (χ2v) is 5.56. The van der Waals surface area contributed by atoms with Crippen LogP contribution < -0.4 is 10.5 Å². The van der Waals surface area contributed by atoms with Gasteiger partial charge >= 0.3 is 0 Å². The van der Waals surface area contributed by atoms with Crippen LogP contribution in [0.25, 0.3) is 0 Å². The van der Waals surface area contributed by atoms with Crippen LogP contribution in [-0.4, -0.2) is 4.98 Å². The number of nitrogens with zero attached hydrogens (tertiary/aromatic N) is 1. The largest absolute Gasteiger partial charge is 0.438 e. The summed E-state index contributed by atoms with van der Waals surface area (Å²) in [6.07, 6.45) is 1.60. The number of nitrogens with two attached hydrogens (primary N) is 1. The van der Waals surface area contributed by atoms with E-state index in [2.05, 4.69) is 43.5 Å². The SMILES string of the molecule is Cc1c(N)cnc(Oc2cccc(I)c2)c1Br. The molecule has 0 spiro atoms. The lowest BCUT2D eigenvalue weighted by atomic mass is 10.2. The first-order valence-electron chi connectivity index (χ1n) is 4.92. The predicted molar refractivity (Wildman–Crippen MR) is 80.3 cm³/mol. The minimum Gasteiger partial charge on any atom is -0.438 e. The molecule has 0 fully saturated rings. The molecule has 2 rings (SSSR count). The molecule has 5 heteroatoms. The minimum atomic E-state index is 0.527. The Morgan fingerprint density at radius 3 is 2.88 bits per heavy atom. The molecule has 0 amide bonds. The molecular formula is C12H10BrIN2O. The van der Waals surface area contributed by atoms with E-state index < -0.39 is 0 Å². The van der Waals surface area contributed by atoms with Crippen LogP contribution in [0.3, 0.4) is 0 Å². The normalized spacial score (nSPS) is 10.3. The summed E-state index contributed by atoms with van der Waals surface area (Å²) < 4.78 is 7.61. The molecule has 1 aromatic heterocycles. The zero-order valence-electron chi connectivity index (χ0n) is 9.08. The van der Waals surface area contributed by atoms with Crippen molar-refractivity contribution in [2.24, 2.45) is 0 Å². The molecule has 17 heavy (non-hydrogen) atoms. The van der Waals surface area contributed by atoms with Crippen molar-refractivity contribution in [3.63, 3.8) is 0 Å².